The summed E-state index contributed by atoms with van der Waals surface area (Å²) in [5, 5.41) is 2.58. The Kier molecular flexibility index (Phi) is 3.89. The van der Waals surface area contributed by atoms with Gasteiger partial charge in [0, 0.05) is 9.80 Å². The van der Waals surface area contributed by atoms with Crippen LogP contribution in [0.15, 0.2) is 83.8 Å². The fourth-order valence-corrected chi connectivity index (χ4v) is 3.15. The van der Waals surface area contributed by atoms with E-state index in [2.05, 4.69) is 85.8 Å². The topological polar surface area (TPSA) is 0 Å². The van der Waals surface area contributed by atoms with Gasteiger partial charge in [0.05, 0.1) is 0 Å². The molecule has 0 bridgehead atoms. The lowest BCUT2D eigenvalue weighted by atomic mass is 10.1. The van der Waals surface area contributed by atoms with E-state index in [9.17, 15) is 0 Å². The van der Waals surface area contributed by atoms with E-state index < -0.39 is 0 Å². The zero-order valence-corrected chi connectivity index (χ0v) is 12.2. The van der Waals surface area contributed by atoms with E-state index >= 15 is 0 Å². The van der Waals surface area contributed by atoms with Crippen molar-refractivity contribution < 1.29 is 0 Å². The van der Waals surface area contributed by atoms with Crippen LogP contribution in [0.4, 0.5) is 0 Å². The van der Waals surface area contributed by atoms with Crippen molar-refractivity contribution in [2.24, 2.45) is 0 Å². The van der Waals surface area contributed by atoms with E-state index in [0.29, 0.717) is 0 Å². The van der Waals surface area contributed by atoms with E-state index in [1.807, 2.05) is 11.8 Å². The second kappa shape index (κ2) is 5.98. The highest BCUT2D eigenvalue weighted by Crippen LogP contribution is 2.35. The fourth-order valence-electron chi connectivity index (χ4n) is 2.24. The highest BCUT2D eigenvalue weighted by atomic mass is 32.2. The number of hydrogen-bond acceptors (Lipinski definition) is 1. The summed E-state index contributed by atoms with van der Waals surface area (Å²) in [6.07, 6.45) is 2.18. The van der Waals surface area contributed by atoms with Gasteiger partial charge in [-0.1, -0.05) is 72.4 Å². The van der Waals surface area contributed by atoms with E-state index in [1.165, 1.54) is 26.1 Å². The third-order valence-electron chi connectivity index (χ3n) is 3.27. The van der Waals surface area contributed by atoms with Crippen LogP contribution in [0, 0.1) is 0 Å². The molecule has 0 aromatic heterocycles. The normalized spacial score (nSPS) is 11.8. The second-order valence-corrected chi connectivity index (χ2v) is 5.75. The van der Waals surface area contributed by atoms with Gasteiger partial charge in [-0.05, 0) is 41.5 Å². The van der Waals surface area contributed by atoms with Gasteiger partial charge in [0.2, 0.25) is 0 Å². The first-order valence-electron chi connectivity index (χ1n) is 6.75. The van der Waals surface area contributed by atoms with E-state index in [-0.39, 0.29) is 0 Å². The summed E-state index contributed by atoms with van der Waals surface area (Å²) in [6.45, 7) is 2.10. The van der Waals surface area contributed by atoms with Crippen molar-refractivity contribution in [3.05, 3.63) is 84.4 Å². The predicted octanol–water partition coefficient (Wildman–Crippen LogP) is 5.99. The molecule has 98 valence electrons. The Balaban J connectivity index is 1.95. The summed E-state index contributed by atoms with van der Waals surface area (Å²) in [5.74, 6) is 0. The molecule has 0 fully saturated rings. The molecule has 0 aliphatic heterocycles. The van der Waals surface area contributed by atoms with Crippen molar-refractivity contribution in [2.45, 2.75) is 11.8 Å². The minimum absolute atomic E-state index is 1.27. The molecule has 0 nitrogen and oxygen atoms in total. The van der Waals surface area contributed by atoms with Gasteiger partial charge in [0.25, 0.3) is 0 Å². The molecule has 0 radical (unpaired) electrons. The first-order valence-corrected chi connectivity index (χ1v) is 7.57. The Morgan fingerprint density at radius 1 is 0.800 bits per heavy atom. The number of fused-ring (bicyclic) bond motifs is 1. The van der Waals surface area contributed by atoms with Crippen molar-refractivity contribution in [2.75, 3.05) is 0 Å². The van der Waals surface area contributed by atoms with E-state index in [0.717, 1.165) is 0 Å². The molecule has 0 amide bonds. The zero-order chi connectivity index (χ0) is 13.8. The van der Waals surface area contributed by atoms with Gasteiger partial charge in [-0.2, -0.15) is 0 Å². The molecule has 0 aliphatic carbocycles. The molecule has 0 heterocycles. The number of thioether (sulfide) groups is 1. The first kappa shape index (κ1) is 13.0. The number of hydrogen-bond donors (Lipinski definition) is 0. The van der Waals surface area contributed by atoms with Crippen molar-refractivity contribution in [3.63, 3.8) is 0 Å². The largest absolute Gasteiger partial charge is 0.0898 e. The average Bonchev–Trinajstić information content (AvgIpc) is 2.53. The highest BCUT2D eigenvalue weighted by Gasteiger charge is 2.04. The van der Waals surface area contributed by atoms with Crippen molar-refractivity contribution >= 4 is 27.4 Å². The van der Waals surface area contributed by atoms with E-state index in [4.69, 9.17) is 0 Å². The quantitative estimate of drug-likeness (QED) is 0.529. The van der Waals surface area contributed by atoms with Crippen LogP contribution in [0.25, 0.3) is 15.7 Å². The monoisotopic (exact) mass is 276 g/mol. The van der Waals surface area contributed by atoms with Gasteiger partial charge < -0.3 is 0 Å². The predicted molar refractivity (Wildman–Crippen MR) is 89.9 cm³/mol. The molecule has 0 unspecified atom stereocenters. The lowest BCUT2D eigenvalue weighted by Gasteiger charge is -2.08. The van der Waals surface area contributed by atoms with Crippen LogP contribution in [0.3, 0.4) is 0 Å². The molecule has 3 rings (SSSR count). The van der Waals surface area contributed by atoms with Gasteiger partial charge >= 0.3 is 0 Å². The molecule has 0 spiro atoms. The van der Waals surface area contributed by atoms with Gasteiger partial charge in [-0.25, -0.2) is 0 Å². The molecule has 20 heavy (non-hydrogen) atoms. The van der Waals surface area contributed by atoms with Crippen LogP contribution >= 0.6 is 11.8 Å². The maximum Gasteiger partial charge on any atom is 0.0152 e. The van der Waals surface area contributed by atoms with Crippen molar-refractivity contribution in [1.29, 1.82) is 0 Å². The van der Waals surface area contributed by atoms with Crippen molar-refractivity contribution in [3.8, 4) is 0 Å². The lowest BCUT2D eigenvalue weighted by molar-refractivity contribution is 1.47. The molecule has 0 saturated carbocycles. The Labute approximate surface area is 124 Å². The van der Waals surface area contributed by atoms with Crippen LogP contribution < -0.4 is 0 Å². The highest BCUT2D eigenvalue weighted by molar-refractivity contribution is 8.08. The van der Waals surface area contributed by atoms with Crippen LogP contribution in [-0.2, 0) is 0 Å². The molecule has 0 N–H and O–H groups in total. The zero-order valence-electron chi connectivity index (χ0n) is 11.4. The first-order chi connectivity index (χ1) is 9.86. The fraction of sp³-hybridized carbons (Fsp3) is 0.0526. The average molecular weight is 276 g/mol. The third-order valence-corrected chi connectivity index (χ3v) is 4.47. The number of rotatable bonds is 3. The summed E-state index contributed by atoms with van der Waals surface area (Å²) in [4.78, 5) is 2.57. The summed E-state index contributed by atoms with van der Waals surface area (Å²) in [6, 6.07) is 25.7. The smallest absolute Gasteiger partial charge is 0.0152 e. The van der Waals surface area contributed by atoms with Crippen LogP contribution in [0.5, 0.6) is 0 Å². The molecule has 1 heteroatoms. The van der Waals surface area contributed by atoms with Gasteiger partial charge in [0.15, 0.2) is 0 Å². The number of allylic oxidation sites excluding steroid dienone is 1. The van der Waals surface area contributed by atoms with Gasteiger partial charge in [0.1, 0.15) is 0 Å². The minimum atomic E-state index is 1.27. The molecule has 3 aromatic carbocycles. The number of benzene rings is 3. The Morgan fingerprint density at radius 2 is 1.50 bits per heavy atom. The summed E-state index contributed by atoms with van der Waals surface area (Å²) in [5.41, 5.74) is 1.28. The SMILES string of the molecule is C/C=C(\Sc1ccccc1)c1ccc2ccccc2c1. The Morgan fingerprint density at radius 3 is 2.25 bits per heavy atom. The molecular formula is C19H16S. The Bertz CT molecular complexity index is 742. The van der Waals surface area contributed by atoms with Crippen molar-refractivity contribution in [1.82, 2.24) is 0 Å². The maximum atomic E-state index is 2.26. The molecule has 0 saturated heterocycles. The van der Waals surface area contributed by atoms with Crippen LogP contribution in [0.2, 0.25) is 0 Å². The standard InChI is InChI=1S/C19H16S/c1-2-19(20-18-10-4-3-5-11-18)17-13-12-15-8-6-7-9-16(15)14-17/h2-14H,1H3/b19-2-. The van der Waals surface area contributed by atoms with E-state index in [1.54, 1.807) is 0 Å². The summed E-state index contributed by atoms with van der Waals surface area (Å²) < 4.78 is 0. The van der Waals surface area contributed by atoms with Crippen LogP contribution in [0.1, 0.15) is 12.5 Å². The lowest BCUT2D eigenvalue weighted by Crippen LogP contribution is -1.81. The van der Waals surface area contributed by atoms with Crippen LogP contribution in [-0.4, -0.2) is 0 Å². The van der Waals surface area contributed by atoms with Gasteiger partial charge in [-0.15, -0.1) is 0 Å². The summed E-state index contributed by atoms with van der Waals surface area (Å²) >= 11 is 1.81. The minimum Gasteiger partial charge on any atom is -0.0898 e. The summed E-state index contributed by atoms with van der Waals surface area (Å²) in [7, 11) is 0. The molecule has 3 aromatic rings. The maximum absolute atomic E-state index is 2.26. The van der Waals surface area contributed by atoms with Gasteiger partial charge in [-0.3, -0.25) is 0 Å². The molecule has 0 atom stereocenters. The Hall–Kier alpha value is -1.99. The molecular weight excluding hydrogens is 260 g/mol. The molecule has 0 aliphatic rings. The second-order valence-electron chi connectivity index (χ2n) is 4.63. The third kappa shape index (κ3) is 2.78.